The predicted molar refractivity (Wildman–Crippen MR) is 136 cm³/mol. The SMILES string of the molecule is c1cc2c(N3CN=C(N4CCOCC4)c4cc(CN5CCN(C6CC6)CC5)sc43)cncc2[nH]1. The topological polar surface area (TPSA) is 63.2 Å². The van der Waals surface area contributed by atoms with Crippen LogP contribution in [0.15, 0.2) is 35.7 Å². The number of aliphatic imine (C=N–C) groups is 1. The Morgan fingerprint density at radius 2 is 1.91 bits per heavy atom. The molecule has 34 heavy (non-hydrogen) atoms. The number of amidine groups is 1. The highest BCUT2D eigenvalue weighted by Gasteiger charge is 2.33. The molecule has 0 amide bonds. The van der Waals surface area contributed by atoms with Crippen LogP contribution in [0.2, 0.25) is 0 Å². The Morgan fingerprint density at radius 1 is 1.06 bits per heavy atom. The summed E-state index contributed by atoms with van der Waals surface area (Å²) in [5.74, 6) is 1.13. The number of thiophene rings is 1. The zero-order chi connectivity index (χ0) is 22.5. The lowest BCUT2D eigenvalue weighted by Gasteiger charge is -2.34. The van der Waals surface area contributed by atoms with Gasteiger partial charge in [-0.15, -0.1) is 11.3 Å². The summed E-state index contributed by atoms with van der Waals surface area (Å²) in [6.45, 7) is 9.74. The fourth-order valence-electron chi connectivity index (χ4n) is 5.51. The quantitative estimate of drug-likeness (QED) is 0.623. The van der Waals surface area contributed by atoms with Crippen LogP contribution in [0.5, 0.6) is 0 Å². The summed E-state index contributed by atoms with van der Waals surface area (Å²) in [5.41, 5.74) is 3.45. The Morgan fingerprint density at radius 3 is 2.74 bits per heavy atom. The summed E-state index contributed by atoms with van der Waals surface area (Å²) in [6, 6.07) is 5.42. The second-order valence-corrected chi connectivity index (χ2v) is 10.8. The van der Waals surface area contributed by atoms with E-state index in [0.717, 1.165) is 55.9 Å². The number of aromatic amines is 1. The van der Waals surface area contributed by atoms with Crippen LogP contribution in [-0.4, -0.2) is 95.7 Å². The van der Waals surface area contributed by atoms with Crippen LogP contribution >= 0.6 is 11.3 Å². The largest absolute Gasteiger partial charge is 0.378 e. The highest BCUT2D eigenvalue weighted by molar-refractivity contribution is 7.16. The van der Waals surface area contributed by atoms with Crippen molar-refractivity contribution in [3.63, 3.8) is 0 Å². The molecule has 0 atom stereocenters. The van der Waals surface area contributed by atoms with E-state index in [-0.39, 0.29) is 0 Å². The second-order valence-electron chi connectivity index (χ2n) is 9.72. The molecular formula is C25H31N7OS. The third-order valence-corrected chi connectivity index (χ3v) is 8.66. The van der Waals surface area contributed by atoms with Gasteiger partial charge in [-0.3, -0.25) is 14.8 Å². The number of pyridine rings is 1. The maximum atomic E-state index is 5.62. The number of morpholine rings is 1. The van der Waals surface area contributed by atoms with Gasteiger partial charge in [0.1, 0.15) is 17.5 Å². The van der Waals surface area contributed by atoms with Crippen molar-refractivity contribution in [2.24, 2.45) is 4.99 Å². The fraction of sp³-hybridized carbons (Fsp3) is 0.520. The Balaban J connectivity index is 1.20. The fourth-order valence-corrected chi connectivity index (χ4v) is 6.71. The lowest BCUT2D eigenvalue weighted by atomic mass is 10.1. The Labute approximate surface area is 203 Å². The van der Waals surface area contributed by atoms with Crippen LogP contribution in [-0.2, 0) is 11.3 Å². The molecule has 4 aliphatic rings. The number of ether oxygens (including phenoxy) is 1. The minimum absolute atomic E-state index is 0.617. The number of nitrogens with zero attached hydrogens (tertiary/aromatic N) is 6. The van der Waals surface area contributed by atoms with Crippen molar-refractivity contribution in [1.29, 1.82) is 0 Å². The average Bonchev–Trinajstić information content (AvgIpc) is 3.46. The molecule has 0 aromatic carbocycles. The number of piperazine rings is 1. The minimum atomic E-state index is 0.617. The monoisotopic (exact) mass is 477 g/mol. The lowest BCUT2D eigenvalue weighted by molar-refractivity contribution is 0.0681. The second kappa shape index (κ2) is 8.64. The van der Waals surface area contributed by atoms with E-state index in [1.54, 1.807) is 0 Å². The number of nitrogens with one attached hydrogen (secondary N) is 1. The Hall–Kier alpha value is -2.46. The molecule has 6 heterocycles. The van der Waals surface area contributed by atoms with Crippen LogP contribution in [0, 0.1) is 0 Å². The first-order valence-electron chi connectivity index (χ1n) is 12.5. The molecule has 0 unspecified atom stereocenters. The molecule has 0 radical (unpaired) electrons. The van der Waals surface area contributed by atoms with Gasteiger partial charge in [-0.05, 0) is 25.0 Å². The molecule has 3 aromatic rings. The zero-order valence-electron chi connectivity index (χ0n) is 19.4. The van der Waals surface area contributed by atoms with Crippen molar-refractivity contribution in [3.8, 4) is 0 Å². The highest BCUT2D eigenvalue weighted by Crippen LogP contribution is 2.42. The van der Waals surface area contributed by atoms with Crippen LogP contribution in [0.1, 0.15) is 23.3 Å². The summed E-state index contributed by atoms with van der Waals surface area (Å²) in [7, 11) is 0. The van der Waals surface area contributed by atoms with Crippen molar-refractivity contribution in [3.05, 3.63) is 41.2 Å². The maximum Gasteiger partial charge on any atom is 0.136 e. The number of rotatable bonds is 4. The van der Waals surface area contributed by atoms with Crippen molar-refractivity contribution >= 4 is 38.8 Å². The normalized spacial score (nSPS) is 22.3. The third kappa shape index (κ3) is 3.80. The number of hydrogen-bond acceptors (Lipinski definition) is 8. The van der Waals surface area contributed by atoms with E-state index in [1.807, 2.05) is 29.9 Å². The van der Waals surface area contributed by atoms with Gasteiger partial charge < -0.3 is 19.5 Å². The van der Waals surface area contributed by atoms with Crippen molar-refractivity contribution in [1.82, 2.24) is 24.7 Å². The van der Waals surface area contributed by atoms with E-state index in [4.69, 9.17) is 9.73 Å². The standard InChI is InChI=1S/C25H31N7OS/c1-2-18(1)30-7-5-29(6-8-30)16-19-13-21-24(31-9-11-33-12-10-31)28-17-32(25(21)34-19)23-15-26-14-22-20(23)3-4-27-22/h3-4,13-15,18,27H,1-2,5-12,16-17H2. The van der Waals surface area contributed by atoms with E-state index < -0.39 is 0 Å². The minimum Gasteiger partial charge on any atom is -0.378 e. The van der Waals surface area contributed by atoms with Crippen LogP contribution in [0.4, 0.5) is 10.7 Å². The number of anilines is 2. The molecule has 7 rings (SSSR count). The molecule has 9 heteroatoms. The maximum absolute atomic E-state index is 5.62. The third-order valence-electron chi connectivity index (χ3n) is 7.52. The van der Waals surface area contributed by atoms with Gasteiger partial charge in [0, 0.05) is 68.3 Å². The van der Waals surface area contributed by atoms with Gasteiger partial charge in [0.25, 0.3) is 0 Å². The molecule has 0 bridgehead atoms. The van der Waals surface area contributed by atoms with Gasteiger partial charge in [-0.2, -0.15) is 0 Å². The van der Waals surface area contributed by atoms with E-state index >= 15 is 0 Å². The number of H-pyrrole nitrogens is 1. The molecule has 1 aliphatic carbocycles. The van der Waals surface area contributed by atoms with Crippen molar-refractivity contribution < 1.29 is 4.74 Å². The number of aromatic nitrogens is 2. The smallest absolute Gasteiger partial charge is 0.136 e. The lowest BCUT2D eigenvalue weighted by Crippen LogP contribution is -2.46. The molecular weight excluding hydrogens is 446 g/mol. The number of fused-ring (bicyclic) bond motifs is 2. The molecule has 1 saturated carbocycles. The molecule has 3 aromatic heterocycles. The first-order valence-corrected chi connectivity index (χ1v) is 13.3. The van der Waals surface area contributed by atoms with Crippen molar-refractivity contribution in [2.75, 3.05) is 64.1 Å². The van der Waals surface area contributed by atoms with Gasteiger partial charge in [-0.1, -0.05) is 0 Å². The first kappa shape index (κ1) is 20.9. The van der Waals surface area contributed by atoms with E-state index in [1.165, 1.54) is 59.8 Å². The van der Waals surface area contributed by atoms with E-state index in [9.17, 15) is 0 Å². The molecule has 0 spiro atoms. The molecule has 178 valence electrons. The Kier molecular flexibility index (Phi) is 5.30. The summed E-state index contributed by atoms with van der Waals surface area (Å²) < 4.78 is 5.62. The molecule has 3 fully saturated rings. The van der Waals surface area contributed by atoms with Gasteiger partial charge in [-0.25, -0.2) is 4.99 Å². The van der Waals surface area contributed by atoms with Gasteiger partial charge in [0.05, 0.1) is 42.4 Å². The summed E-state index contributed by atoms with van der Waals surface area (Å²) in [6.07, 6.45) is 8.67. The van der Waals surface area contributed by atoms with E-state index in [0.29, 0.717) is 6.67 Å². The first-order chi connectivity index (χ1) is 16.8. The van der Waals surface area contributed by atoms with Crippen LogP contribution in [0.25, 0.3) is 10.9 Å². The Bertz CT molecular complexity index is 1200. The van der Waals surface area contributed by atoms with Gasteiger partial charge in [0.15, 0.2) is 0 Å². The molecule has 2 saturated heterocycles. The summed E-state index contributed by atoms with van der Waals surface area (Å²) >= 11 is 1.92. The van der Waals surface area contributed by atoms with Crippen molar-refractivity contribution in [2.45, 2.75) is 25.4 Å². The van der Waals surface area contributed by atoms with E-state index in [2.05, 4.69) is 41.7 Å². The number of hydrogen-bond donors (Lipinski definition) is 1. The molecule has 8 nitrogen and oxygen atoms in total. The molecule has 3 aliphatic heterocycles. The highest BCUT2D eigenvalue weighted by atomic mass is 32.1. The van der Waals surface area contributed by atoms with Gasteiger partial charge >= 0.3 is 0 Å². The summed E-state index contributed by atoms with van der Waals surface area (Å²) in [5, 5.41) is 2.48. The zero-order valence-corrected chi connectivity index (χ0v) is 20.3. The average molecular weight is 478 g/mol. The van der Waals surface area contributed by atoms with Gasteiger partial charge in [0.2, 0.25) is 0 Å². The summed E-state index contributed by atoms with van der Waals surface area (Å²) in [4.78, 5) is 24.4. The predicted octanol–water partition coefficient (Wildman–Crippen LogP) is 3.09. The molecule has 1 N–H and O–H groups in total. The van der Waals surface area contributed by atoms with Crippen LogP contribution in [0.3, 0.4) is 0 Å². The van der Waals surface area contributed by atoms with Crippen LogP contribution < -0.4 is 4.90 Å².